The van der Waals surface area contributed by atoms with Crippen molar-refractivity contribution >= 4 is 38.9 Å². The van der Waals surface area contributed by atoms with Crippen LogP contribution in [0.1, 0.15) is 37.8 Å². The van der Waals surface area contributed by atoms with Gasteiger partial charge in [0.15, 0.2) is 5.11 Å². The summed E-state index contributed by atoms with van der Waals surface area (Å²) in [5.74, 6) is -0.212. The van der Waals surface area contributed by atoms with Gasteiger partial charge in [-0.3, -0.25) is 4.79 Å². The predicted molar refractivity (Wildman–Crippen MR) is 125 cm³/mol. The van der Waals surface area contributed by atoms with Crippen LogP contribution in [0.2, 0.25) is 0 Å². The molecular formula is C22H29N3O3S2. The van der Waals surface area contributed by atoms with E-state index in [0.717, 1.165) is 24.0 Å². The maximum Gasteiger partial charge on any atom is 0.243 e. The summed E-state index contributed by atoms with van der Waals surface area (Å²) in [5.41, 5.74) is 2.59. The van der Waals surface area contributed by atoms with Crippen molar-refractivity contribution in [1.82, 2.24) is 9.62 Å². The number of carbonyl (C=O) groups is 1. The molecule has 0 aromatic heterocycles. The summed E-state index contributed by atoms with van der Waals surface area (Å²) in [5, 5.41) is 5.75. The van der Waals surface area contributed by atoms with E-state index in [0.29, 0.717) is 18.8 Å². The molecule has 0 spiro atoms. The number of benzene rings is 2. The van der Waals surface area contributed by atoms with Crippen molar-refractivity contribution in [3.05, 3.63) is 59.7 Å². The van der Waals surface area contributed by atoms with Gasteiger partial charge in [-0.1, -0.05) is 38.1 Å². The maximum absolute atomic E-state index is 12.8. The Bertz CT molecular complexity index is 967. The molecule has 0 bridgehead atoms. The fourth-order valence-electron chi connectivity index (χ4n) is 3.02. The highest BCUT2D eigenvalue weighted by Gasteiger charge is 2.22. The maximum atomic E-state index is 12.8. The van der Waals surface area contributed by atoms with Gasteiger partial charge in [-0.15, -0.1) is 0 Å². The number of amides is 1. The number of nitrogens with zero attached hydrogens (tertiary/aromatic N) is 1. The largest absolute Gasteiger partial charge is 0.332 e. The minimum Gasteiger partial charge on any atom is -0.332 e. The Kier molecular flexibility index (Phi) is 8.95. The lowest BCUT2D eigenvalue weighted by Gasteiger charge is -2.21. The smallest absolute Gasteiger partial charge is 0.243 e. The average Bonchev–Trinajstić information content (AvgIpc) is 2.70. The third kappa shape index (κ3) is 6.62. The van der Waals surface area contributed by atoms with E-state index in [9.17, 15) is 13.2 Å². The first-order valence-electron chi connectivity index (χ1n) is 10.0. The molecule has 2 rings (SSSR count). The van der Waals surface area contributed by atoms with Crippen molar-refractivity contribution in [2.45, 2.75) is 44.9 Å². The van der Waals surface area contributed by atoms with Gasteiger partial charge in [-0.05, 0) is 67.4 Å². The van der Waals surface area contributed by atoms with Crippen LogP contribution >= 0.6 is 12.2 Å². The number of hydrogen-bond acceptors (Lipinski definition) is 4. The van der Waals surface area contributed by atoms with Gasteiger partial charge in [-0.2, -0.15) is 4.31 Å². The third-order valence-electron chi connectivity index (χ3n) is 4.56. The summed E-state index contributed by atoms with van der Waals surface area (Å²) in [7, 11) is -3.53. The van der Waals surface area contributed by atoms with Crippen molar-refractivity contribution < 1.29 is 13.2 Å². The molecule has 0 aliphatic heterocycles. The number of carbonyl (C=O) groups excluding carboxylic acids is 1. The summed E-state index contributed by atoms with van der Waals surface area (Å²) < 4.78 is 27.1. The molecule has 2 N–H and O–H groups in total. The Morgan fingerprint density at radius 2 is 1.60 bits per heavy atom. The number of hydrogen-bond donors (Lipinski definition) is 2. The molecule has 8 heteroatoms. The molecule has 0 saturated carbocycles. The number of anilines is 1. The van der Waals surface area contributed by atoms with E-state index in [1.54, 1.807) is 24.3 Å². The second kappa shape index (κ2) is 11.2. The van der Waals surface area contributed by atoms with Gasteiger partial charge in [0, 0.05) is 18.8 Å². The van der Waals surface area contributed by atoms with Crippen molar-refractivity contribution in [3.8, 4) is 0 Å². The average molecular weight is 448 g/mol. The van der Waals surface area contributed by atoms with Crippen LogP contribution in [0.4, 0.5) is 5.69 Å². The van der Waals surface area contributed by atoms with Gasteiger partial charge in [0.2, 0.25) is 15.9 Å². The number of sulfonamides is 1. The Balaban J connectivity index is 1.98. The molecule has 0 fully saturated rings. The molecule has 2 aromatic carbocycles. The minimum atomic E-state index is -3.53. The van der Waals surface area contributed by atoms with E-state index in [4.69, 9.17) is 12.2 Å². The zero-order chi connectivity index (χ0) is 22.1. The summed E-state index contributed by atoms with van der Waals surface area (Å²) in [4.78, 5) is 12.5. The lowest BCUT2D eigenvalue weighted by molar-refractivity contribution is -0.119. The molecule has 0 unspecified atom stereocenters. The van der Waals surface area contributed by atoms with Crippen LogP contribution < -0.4 is 10.6 Å². The number of rotatable bonds is 9. The molecule has 2 aromatic rings. The quantitative estimate of drug-likeness (QED) is 0.571. The molecule has 0 heterocycles. The highest BCUT2D eigenvalue weighted by molar-refractivity contribution is 7.89. The fourth-order valence-corrected chi connectivity index (χ4v) is 4.88. The van der Waals surface area contributed by atoms with Crippen LogP contribution in [0.25, 0.3) is 0 Å². The predicted octanol–water partition coefficient (Wildman–Crippen LogP) is 3.86. The topological polar surface area (TPSA) is 78.5 Å². The lowest BCUT2D eigenvalue weighted by atomic mass is 10.1. The van der Waals surface area contributed by atoms with Crippen molar-refractivity contribution in [2.75, 3.05) is 18.4 Å². The Hall–Kier alpha value is -2.29. The Labute approximate surface area is 184 Å². The van der Waals surface area contributed by atoms with Crippen LogP contribution in [0.3, 0.4) is 0 Å². The molecule has 1 amide bonds. The molecule has 0 aliphatic carbocycles. The summed E-state index contributed by atoms with van der Waals surface area (Å²) in [6.45, 7) is 6.86. The van der Waals surface area contributed by atoms with E-state index >= 15 is 0 Å². The van der Waals surface area contributed by atoms with Crippen molar-refractivity contribution in [1.29, 1.82) is 0 Å². The number of thiocarbonyl (C=S) groups is 1. The van der Waals surface area contributed by atoms with Crippen LogP contribution in [0.5, 0.6) is 0 Å². The van der Waals surface area contributed by atoms with Crippen molar-refractivity contribution in [3.63, 3.8) is 0 Å². The van der Waals surface area contributed by atoms with E-state index in [1.807, 2.05) is 45.0 Å². The summed E-state index contributed by atoms with van der Waals surface area (Å²) in [6.07, 6.45) is 1.75. The van der Waals surface area contributed by atoms with Crippen LogP contribution in [-0.2, 0) is 21.2 Å². The van der Waals surface area contributed by atoms with Crippen LogP contribution in [-0.4, -0.2) is 36.8 Å². The molecule has 6 nitrogen and oxygen atoms in total. The van der Waals surface area contributed by atoms with E-state index < -0.39 is 10.0 Å². The minimum absolute atomic E-state index is 0.169. The lowest BCUT2D eigenvalue weighted by Crippen LogP contribution is -2.35. The van der Waals surface area contributed by atoms with E-state index in [-0.39, 0.29) is 22.3 Å². The fraction of sp³-hybridized carbons (Fsp3) is 0.364. The second-order valence-corrected chi connectivity index (χ2v) is 9.38. The highest BCUT2D eigenvalue weighted by Crippen LogP contribution is 2.19. The van der Waals surface area contributed by atoms with Gasteiger partial charge in [-0.25, -0.2) is 8.42 Å². The van der Waals surface area contributed by atoms with E-state index in [1.165, 1.54) is 4.31 Å². The monoisotopic (exact) mass is 447 g/mol. The molecule has 162 valence electrons. The first-order chi connectivity index (χ1) is 14.3. The first-order valence-corrected chi connectivity index (χ1v) is 11.9. The SMILES string of the molecule is CCCN(CCC)S(=O)(=O)c1ccc(NC(=S)NC(=O)Cc2ccccc2C)cc1. The molecule has 0 radical (unpaired) electrons. The van der Waals surface area contributed by atoms with Crippen LogP contribution in [0, 0.1) is 6.92 Å². The standard InChI is InChI=1S/C22H29N3O3S2/c1-4-14-25(15-5-2)30(27,28)20-12-10-19(11-13-20)23-22(29)24-21(26)16-18-9-7-6-8-17(18)3/h6-13H,4-5,14-16H2,1-3H3,(H2,23,24,26,29). The van der Waals surface area contributed by atoms with Gasteiger partial charge in [0.1, 0.15) is 0 Å². The Morgan fingerprint density at radius 1 is 1.00 bits per heavy atom. The number of aryl methyl sites for hydroxylation is 1. The van der Waals surface area contributed by atoms with Crippen LogP contribution in [0.15, 0.2) is 53.4 Å². The summed E-state index contributed by atoms with van der Waals surface area (Å²) >= 11 is 5.21. The molecule has 0 aliphatic rings. The second-order valence-electron chi connectivity index (χ2n) is 7.03. The Morgan fingerprint density at radius 3 is 2.17 bits per heavy atom. The molecular weight excluding hydrogens is 418 g/mol. The molecule has 0 atom stereocenters. The normalized spacial score (nSPS) is 11.3. The van der Waals surface area contributed by atoms with Gasteiger partial charge >= 0.3 is 0 Å². The zero-order valence-electron chi connectivity index (χ0n) is 17.6. The van der Waals surface area contributed by atoms with Gasteiger partial charge < -0.3 is 10.6 Å². The zero-order valence-corrected chi connectivity index (χ0v) is 19.3. The molecule has 0 saturated heterocycles. The third-order valence-corrected chi connectivity index (χ3v) is 6.68. The van der Waals surface area contributed by atoms with Gasteiger partial charge in [0.25, 0.3) is 0 Å². The van der Waals surface area contributed by atoms with Crippen molar-refractivity contribution in [2.24, 2.45) is 0 Å². The number of nitrogens with one attached hydrogen (secondary N) is 2. The summed E-state index contributed by atoms with van der Waals surface area (Å²) in [6, 6.07) is 14.1. The van der Waals surface area contributed by atoms with Gasteiger partial charge in [0.05, 0.1) is 11.3 Å². The molecule has 30 heavy (non-hydrogen) atoms. The van der Waals surface area contributed by atoms with E-state index in [2.05, 4.69) is 10.6 Å². The first kappa shape index (κ1) is 24.0. The highest BCUT2D eigenvalue weighted by atomic mass is 32.2.